The van der Waals surface area contributed by atoms with E-state index in [1.54, 1.807) is 0 Å². The molecular weight excluding hydrogens is 410 g/mol. The molecule has 0 amide bonds. The number of benzene rings is 2. The maximum absolute atomic E-state index is 5.89. The molecule has 3 heteroatoms. The number of unbranched alkanes of at least 4 members (excludes halogenated alkanes) is 13. The highest BCUT2D eigenvalue weighted by Crippen LogP contribution is 2.17. The lowest BCUT2D eigenvalue weighted by molar-refractivity contribution is 0.304. The van der Waals surface area contributed by atoms with Crippen molar-refractivity contribution < 1.29 is 4.74 Å². The molecule has 0 aliphatic rings. The summed E-state index contributed by atoms with van der Waals surface area (Å²) in [4.78, 5) is 5.44. The van der Waals surface area contributed by atoms with E-state index in [4.69, 9.17) is 4.74 Å². The van der Waals surface area contributed by atoms with E-state index in [9.17, 15) is 0 Å². The van der Waals surface area contributed by atoms with E-state index in [1.165, 1.54) is 83.5 Å². The van der Waals surface area contributed by atoms with Gasteiger partial charge in [0.05, 0.1) is 12.3 Å². The third-order valence-corrected chi connectivity index (χ3v) is 6.16. The number of ether oxygens (including phenoxy) is 1. The summed E-state index contributed by atoms with van der Waals surface area (Å²) in [5.41, 5.74) is 2.00. The molecule has 2 nitrogen and oxygen atoms in total. The molecule has 0 N–H and O–H groups in total. The van der Waals surface area contributed by atoms with Crippen LogP contribution in [0.2, 0.25) is 0 Å². The summed E-state index contributed by atoms with van der Waals surface area (Å²) >= 11 is 4.30. The first-order chi connectivity index (χ1) is 15.8. The highest BCUT2D eigenvalue weighted by atomic mass is 32.1. The van der Waals surface area contributed by atoms with Crippen molar-refractivity contribution in [2.75, 3.05) is 6.61 Å². The summed E-state index contributed by atoms with van der Waals surface area (Å²) in [7, 11) is 0. The van der Waals surface area contributed by atoms with Crippen molar-refractivity contribution in [2.45, 2.75) is 102 Å². The zero-order valence-corrected chi connectivity index (χ0v) is 21.0. The summed E-state index contributed by atoms with van der Waals surface area (Å²) in [6.45, 7) is 3.09. The Balaban J connectivity index is 1.43. The standard InChI is InChI=1S/C29H43NOS/c1-2-3-4-5-6-7-8-9-10-11-12-13-14-15-24-31-28-20-16-26(17-21-28)25-30-27-18-22-29(32)23-19-27/h16-23,25,32H,2-15,24H2,1H3. The monoisotopic (exact) mass is 453 g/mol. The minimum atomic E-state index is 0.807. The molecule has 2 aromatic carbocycles. The van der Waals surface area contributed by atoms with E-state index in [1.807, 2.05) is 42.6 Å². The Morgan fingerprint density at radius 1 is 0.656 bits per heavy atom. The van der Waals surface area contributed by atoms with Crippen LogP contribution in [0, 0.1) is 0 Å². The van der Waals surface area contributed by atoms with E-state index in [0.717, 1.165) is 34.9 Å². The third kappa shape index (κ3) is 13.0. The van der Waals surface area contributed by atoms with Crippen LogP contribution in [0.25, 0.3) is 0 Å². The Bertz CT molecular complexity index is 724. The van der Waals surface area contributed by atoms with Crippen molar-refractivity contribution >= 4 is 24.5 Å². The Morgan fingerprint density at radius 3 is 1.69 bits per heavy atom. The van der Waals surface area contributed by atoms with Crippen LogP contribution in [0.3, 0.4) is 0 Å². The molecule has 0 spiro atoms. The summed E-state index contributed by atoms with van der Waals surface area (Å²) in [6, 6.07) is 16.0. The molecule has 0 fully saturated rings. The van der Waals surface area contributed by atoms with E-state index >= 15 is 0 Å². The maximum Gasteiger partial charge on any atom is 0.119 e. The second-order valence-electron chi connectivity index (χ2n) is 8.79. The van der Waals surface area contributed by atoms with Gasteiger partial charge in [-0.3, -0.25) is 4.99 Å². The molecule has 0 bridgehead atoms. The second-order valence-corrected chi connectivity index (χ2v) is 9.30. The summed E-state index contributed by atoms with van der Waals surface area (Å²) in [5.74, 6) is 0.941. The van der Waals surface area contributed by atoms with Gasteiger partial charge in [-0.05, 0) is 60.5 Å². The molecule has 0 radical (unpaired) electrons. The van der Waals surface area contributed by atoms with Gasteiger partial charge in [0, 0.05) is 11.1 Å². The van der Waals surface area contributed by atoms with Crippen LogP contribution in [0.4, 0.5) is 5.69 Å². The average Bonchev–Trinajstić information content (AvgIpc) is 2.82. The normalized spacial score (nSPS) is 11.3. The fourth-order valence-electron chi connectivity index (χ4n) is 3.82. The van der Waals surface area contributed by atoms with Crippen LogP contribution in [0.15, 0.2) is 58.4 Å². The van der Waals surface area contributed by atoms with Crippen LogP contribution < -0.4 is 4.74 Å². The lowest BCUT2D eigenvalue weighted by Gasteiger charge is -2.06. The van der Waals surface area contributed by atoms with Gasteiger partial charge in [-0.2, -0.15) is 0 Å². The number of nitrogens with zero attached hydrogens (tertiary/aromatic N) is 1. The molecule has 2 aromatic rings. The molecule has 0 saturated carbocycles. The fraction of sp³-hybridized carbons (Fsp3) is 0.552. The van der Waals surface area contributed by atoms with E-state index in [0.29, 0.717) is 0 Å². The van der Waals surface area contributed by atoms with Crippen LogP contribution in [-0.2, 0) is 0 Å². The molecule has 0 aliphatic heterocycles. The van der Waals surface area contributed by atoms with Crippen molar-refractivity contribution in [1.29, 1.82) is 0 Å². The fourth-order valence-corrected chi connectivity index (χ4v) is 3.97. The minimum absolute atomic E-state index is 0.807. The van der Waals surface area contributed by atoms with Crippen LogP contribution in [0.5, 0.6) is 5.75 Å². The molecule has 0 aromatic heterocycles. The average molecular weight is 454 g/mol. The lowest BCUT2D eigenvalue weighted by atomic mass is 10.0. The van der Waals surface area contributed by atoms with Gasteiger partial charge in [0.25, 0.3) is 0 Å². The molecule has 0 saturated heterocycles. The Hall–Kier alpha value is -1.74. The van der Waals surface area contributed by atoms with Gasteiger partial charge >= 0.3 is 0 Å². The molecule has 0 unspecified atom stereocenters. The summed E-state index contributed by atoms with van der Waals surface area (Å²) in [5, 5.41) is 0. The number of hydrogen-bond donors (Lipinski definition) is 1. The first-order valence-electron chi connectivity index (χ1n) is 12.8. The third-order valence-electron chi connectivity index (χ3n) is 5.86. The minimum Gasteiger partial charge on any atom is -0.494 e. The second kappa shape index (κ2) is 17.8. The van der Waals surface area contributed by atoms with E-state index < -0.39 is 0 Å². The largest absolute Gasteiger partial charge is 0.494 e. The van der Waals surface area contributed by atoms with Crippen molar-refractivity contribution in [1.82, 2.24) is 0 Å². The topological polar surface area (TPSA) is 21.6 Å². The number of hydrogen-bond acceptors (Lipinski definition) is 3. The van der Waals surface area contributed by atoms with Crippen LogP contribution in [-0.4, -0.2) is 12.8 Å². The van der Waals surface area contributed by atoms with Crippen molar-refractivity contribution in [2.24, 2.45) is 4.99 Å². The first kappa shape index (κ1) is 26.5. The van der Waals surface area contributed by atoms with Gasteiger partial charge in [-0.15, -0.1) is 12.6 Å². The quantitative estimate of drug-likeness (QED) is 0.135. The van der Waals surface area contributed by atoms with Crippen LogP contribution >= 0.6 is 12.6 Å². The molecule has 0 atom stereocenters. The van der Waals surface area contributed by atoms with Crippen molar-refractivity contribution in [3.63, 3.8) is 0 Å². The SMILES string of the molecule is CCCCCCCCCCCCCCCCOc1ccc(C=Nc2ccc(S)cc2)cc1. The lowest BCUT2D eigenvalue weighted by Crippen LogP contribution is -1.97. The first-order valence-corrected chi connectivity index (χ1v) is 13.3. The molecule has 2 rings (SSSR count). The predicted octanol–water partition coefficient (Wildman–Crippen LogP) is 9.59. The van der Waals surface area contributed by atoms with Gasteiger partial charge in [0.2, 0.25) is 0 Å². The smallest absolute Gasteiger partial charge is 0.119 e. The van der Waals surface area contributed by atoms with Gasteiger partial charge in [0.1, 0.15) is 5.75 Å². The Kier molecular flexibility index (Phi) is 14.7. The molecular formula is C29H43NOS. The molecule has 0 heterocycles. The Labute approximate surface area is 202 Å². The predicted molar refractivity (Wildman–Crippen MR) is 143 cm³/mol. The van der Waals surface area contributed by atoms with Crippen molar-refractivity contribution in [3.05, 3.63) is 54.1 Å². The van der Waals surface area contributed by atoms with Crippen molar-refractivity contribution in [3.8, 4) is 5.75 Å². The molecule has 0 aliphatic carbocycles. The number of rotatable bonds is 18. The number of thiol groups is 1. The highest BCUT2D eigenvalue weighted by Gasteiger charge is 1.97. The molecule has 32 heavy (non-hydrogen) atoms. The maximum atomic E-state index is 5.89. The van der Waals surface area contributed by atoms with Gasteiger partial charge < -0.3 is 4.74 Å². The zero-order chi connectivity index (χ0) is 22.7. The van der Waals surface area contributed by atoms with Gasteiger partial charge in [0.15, 0.2) is 0 Å². The number of aliphatic imine (C=N–C) groups is 1. The van der Waals surface area contributed by atoms with Crippen LogP contribution in [0.1, 0.15) is 102 Å². The molecule has 176 valence electrons. The highest BCUT2D eigenvalue weighted by molar-refractivity contribution is 7.80. The zero-order valence-electron chi connectivity index (χ0n) is 20.1. The van der Waals surface area contributed by atoms with Gasteiger partial charge in [-0.25, -0.2) is 0 Å². The Morgan fingerprint density at radius 2 is 1.16 bits per heavy atom. The van der Waals surface area contributed by atoms with Gasteiger partial charge in [-0.1, -0.05) is 90.4 Å². The van der Waals surface area contributed by atoms with E-state index in [2.05, 4.69) is 36.7 Å². The van der Waals surface area contributed by atoms with E-state index in [-0.39, 0.29) is 0 Å². The summed E-state index contributed by atoms with van der Waals surface area (Å²) < 4.78 is 5.89. The summed E-state index contributed by atoms with van der Waals surface area (Å²) in [6.07, 6.45) is 21.2.